The molecule has 0 heterocycles. The first-order valence-corrected chi connectivity index (χ1v) is 7.40. The molecular formula is C16H20BrNO2. The van der Waals surface area contributed by atoms with E-state index < -0.39 is 4.51 Å². The maximum absolute atomic E-state index is 11.9. The second-order valence-electron chi connectivity index (χ2n) is 5.28. The average Bonchev–Trinajstić information content (AvgIpc) is 2.38. The highest BCUT2D eigenvalue weighted by Crippen LogP contribution is 2.28. The molecule has 1 aliphatic carbocycles. The van der Waals surface area contributed by atoms with Crippen molar-refractivity contribution in [3.05, 3.63) is 35.5 Å². The fraction of sp³-hybridized carbons (Fsp3) is 0.500. The molecule has 0 aliphatic heterocycles. The first kappa shape index (κ1) is 16.7. The maximum Gasteiger partial charge on any atom is 0.314 e. The lowest BCUT2D eigenvalue weighted by Gasteiger charge is -2.22. The van der Waals surface area contributed by atoms with Crippen molar-refractivity contribution in [2.45, 2.75) is 38.6 Å². The van der Waals surface area contributed by atoms with Crippen molar-refractivity contribution in [2.24, 2.45) is 11.8 Å². The van der Waals surface area contributed by atoms with Gasteiger partial charge < -0.3 is 4.74 Å². The van der Waals surface area contributed by atoms with Crippen molar-refractivity contribution < 1.29 is 9.53 Å². The number of rotatable bonds is 4. The van der Waals surface area contributed by atoms with Gasteiger partial charge in [-0.05, 0) is 55.6 Å². The third-order valence-electron chi connectivity index (χ3n) is 3.15. The van der Waals surface area contributed by atoms with E-state index in [2.05, 4.69) is 22.0 Å². The summed E-state index contributed by atoms with van der Waals surface area (Å²) in [6.07, 6.45) is 8.15. The number of esters is 1. The summed E-state index contributed by atoms with van der Waals surface area (Å²) in [5.74, 6) is -0.767. The SMILES string of the molecule is C/C=C(\C)C(C#N)C1=CCC(C(=O)OC(C)(C)Br)C=C1. The minimum absolute atomic E-state index is 0.235. The molecule has 108 valence electrons. The van der Waals surface area contributed by atoms with Crippen LogP contribution in [0.1, 0.15) is 34.1 Å². The van der Waals surface area contributed by atoms with Gasteiger partial charge in [-0.25, -0.2) is 0 Å². The highest BCUT2D eigenvalue weighted by molar-refractivity contribution is 9.10. The molecular weight excluding hydrogens is 318 g/mol. The third-order valence-corrected chi connectivity index (χ3v) is 3.31. The zero-order valence-electron chi connectivity index (χ0n) is 12.3. The molecule has 0 aromatic rings. The van der Waals surface area contributed by atoms with E-state index in [0.29, 0.717) is 6.42 Å². The second-order valence-corrected chi connectivity index (χ2v) is 7.19. The Bertz CT molecular complexity index is 504. The number of ether oxygens (including phenoxy) is 1. The summed E-state index contributed by atoms with van der Waals surface area (Å²) in [6, 6.07) is 2.29. The first-order valence-electron chi connectivity index (χ1n) is 6.61. The maximum atomic E-state index is 11.9. The molecule has 4 heteroatoms. The van der Waals surface area contributed by atoms with Crippen LogP contribution in [0.15, 0.2) is 35.5 Å². The quantitative estimate of drug-likeness (QED) is 0.437. The van der Waals surface area contributed by atoms with E-state index in [1.54, 1.807) is 13.8 Å². The van der Waals surface area contributed by atoms with Crippen molar-refractivity contribution in [2.75, 3.05) is 0 Å². The molecule has 0 fully saturated rings. The molecule has 0 aromatic heterocycles. The van der Waals surface area contributed by atoms with Crippen molar-refractivity contribution in [3.63, 3.8) is 0 Å². The van der Waals surface area contributed by atoms with Gasteiger partial charge in [0.15, 0.2) is 4.51 Å². The Balaban J connectivity index is 2.74. The molecule has 0 spiro atoms. The van der Waals surface area contributed by atoms with Crippen LogP contribution < -0.4 is 0 Å². The van der Waals surface area contributed by atoms with E-state index in [1.807, 2.05) is 38.2 Å². The van der Waals surface area contributed by atoms with Crippen LogP contribution >= 0.6 is 15.9 Å². The highest BCUT2D eigenvalue weighted by Gasteiger charge is 2.26. The normalized spacial score (nSPS) is 20.9. The van der Waals surface area contributed by atoms with Gasteiger partial charge in [-0.1, -0.05) is 29.9 Å². The number of carbonyl (C=O) groups is 1. The molecule has 2 atom stereocenters. The van der Waals surface area contributed by atoms with Crippen molar-refractivity contribution in [1.29, 1.82) is 5.26 Å². The van der Waals surface area contributed by atoms with E-state index in [1.165, 1.54) is 0 Å². The summed E-state index contributed by atoms with van der Waals surface area (Å²) < 4.78 is 4.63. The summed E-state index contributed by atoms with van der Waals surface area (Å²) in [7, 11) is 0. The summed E-state index contributed by atoms with van der Waals surface area (Å²) in [6.45, 7) is 7.42. The molecule has 0 amide bonds. The van der Waals surface area contributed by atoms with Gasteiger partial charge in [0.1, 0.15) is 0 Å². The molecule has 0 aromatic carbocycles. The molecule has 0 radical (unpaired) electrons. The predicted octanol–water partition coefficient (Wildman–Crippen LogP) is 4.27. The van der Waals surface area contributed by atoms with Gasteiger partial charge >= 0.3 is 5.97 Å². The molecule has 0 bridgehead atoms. The number of halogens is 1. The lowest BCUT2D eigenvalue weighted by molar-refractivity contribution is -0.152. The highest BCUT2D eigenvalue weighted by atomic mass is 79.9. The topological polar surface area (TPSA) is 50.1 Å². The van der Waals surface area contributed by atoms with Crippen LogP contribution in [0.3, 0.4) is 0 Å². The Morgan fingerprint density at radius 2 is 2.30 bits per heavy atom. The number of carbonyl (C=O) groups excluding carboxylic acids is 1. The Hall–Kier alpha value is -1.34. The lowest BCUT2D eigenvalue weighted by Crippen LogP contribution is -2.26. The number of hydrogen-bond acceptors (Lipinski definition) is 3. The van der Waals surface area contributed by atoms with E-state index in [4.69, 9.17) is 4.74 Å². The summed E-state index contributed by atoms with van der Waals surface area (Å²) >= 11 is 3.29. The van der Waals surface area contributed by atoms with Gasteiger partial charge in [-0.2, -0.15) is 5.26 Å². The molecule has 2 unspecified atom stereocenters. The zero-order valence-corrected chi connectivity index (χ0v) is 13.9. The standard InChI is InChI=1S/C16H20BrNO2/c1-5-11(2)14(10-18)12-6-8-13(9-7-12)15(19)20-16(3,4)17/h5-8,13-14H,9H2,1-4H3/b11-5+. The summed E-state index contributed by atoms with van der Waals surface area (Å²) in [5, 5.41) is 9.24. The first-order chi connectivity index (χ1) is 9.28. The molecule has 0 saturated carbocycles. The Labute approximate surface area is 129 Å². The monoisotopic (exact) mass is 337 g/mol. The molecule has 1 rings (SSSR count). The minimum Gasteiger partial charge on any atom is -0.448 e. The fourth-order valence-corrected chi connectivity index (χ4v) is 2.11. The number of alkyl halides is 1. The van der Waals surface area contributed by atoms with Crippen LogP contribution in [0.25, 0.3) is 0 Å². The van der Waals surface area contributed by atoms with Gasteiger partial charge in [0.2, 0.25) is 0 Å². The number of nitrogens with zero attached hydrogens (tertiary/aromatic N) is 1. The Morgan fingerprint density at radius 3 is 2.70 bits per heavy atom. The van der Waals surface area contributed by atoms with Gasteiger partial charge in [0, 0.05) is 0 Å². The van der Waals surface area contributed by atoms with Crippen LogP contribution in [0.5, 0.6) is 0 Å². The summed E-state index contributed by atoms with van der Waals surface area (Å²) in [4.78, 5) is 11.9. The summed E-state index contributed by atoms with van der Waals surface area (Å²) in [5.41, 5.74) is 1.97. The molecule has 0 saturated heterocycles. The van der Waals surface area contributed by atoms with Crippen molar-refractivity contribution >= 4 is 21.9 Å². The Kier molecular flexibility index (Phi) is 5.76. The zero-order chi connectivity index (χ0) is 15.3. The largest absolute Gasteiger partial charge is 0.448 e. The van der Waals surface area contributed by atoms with E-state index in [9.17, 15) is 10.1 Å². The van der Waals surface area contributed by atoms with Crippen LogP contribution in [-0.4, -0.2) is 10.5 Å². The second kappa shape index (κ2) is 6.90. The van der Waals surface area contributed by atoms with Crippen molar-refractivity contribution in [3.8, 4) is 6.07 Å². The Morgan fingerprint density at radius 1 is 1.65 bits per heavy atom. The van der Waals surface area contributed by atoms with E-state index in [0.717, 1.165) is 11.1 Å². The molecule has 3 nitrogen and oxygen atoms in total. The van der Waals surface area contributed by atoms with Crippen LogP contribution in [0.4, 0.5) is 0 Å². The fourth-order valence-electron chi connectivity index (χ4n) is 1.95. The van der Waals surface area contributed by atoms with E-state index >= 15 is 0 Å². The molecule has 0 N–H and O–H groups in total. The average molecular weight is 338 g/mol. The number of nitriles is 1. The van der Waals surface area contributed by atoms with Gasteiger partial charge in [-0.3, -0.25) is 4.79 Å². The number of hydrogen-bond donors (Lipinski definition) is 0. The van der Waals surface area contributed by atoms with Crippen LogP contribution in [0.2, 0.25) is 0 Å². The van der Waals surface area contributed by atoms with Crippen LogP contribution in [0, 0.1) is 23.2 Å². The van der Waals surface area contributed by atoms with Gasteiger partial charge in [-0.15, -0.1) is 0 Å². The third kappa shape index (κ3) is 4.64. The molecule has 1 aliphatic rings. The molecule has 20 heavy (non-hydrogen) atoms. The van der Waals surface area contributed by atoms with Crippen LogP contribution in [-0.2, 0) is 9.53 Å². The van der Waals surface area contributed by atoms with Gasteiger partial charge in [0.05, 0.1) is 17.9 Å². The van der Waals surface area contributed by atoms with Crippen molar-refractivity contribution in [1.82, 2.24) is 0 Å². The van der Waals surface area contributed by atoms with Gasteiger partial charge in [0.25, 0.3) is 0 Å². The lowest BCUT2D eigenvalue weighted by atomic mass is 9.86. The minimum atomic E-state index is -0.654. The predicted molar refractivity (Wildman–Crippen MR) is 83.0 cm³/mol. The smallest absolute Gasteiger partial charge is 0.314 e. The number of allylic oxidation sites excluding steroid dienone is 5. The van der Waals surface area contributed by atoms with E-state index in [-0.39, 0.29) is 17.8 Å².